The molecule has 2 amide bonds. The standard InChI is InChI=1S/C28H22N2O9/c31-23-24(32)30-28(29-23)22(38-27(35)19-14-8-3-9-15-19)21(37-26(34)18-12-6-2-7-13-18)20(39-28)16-36-25(33)17-10-4-1-5-11-17/h1-15,20-22H,16H2,(H,29,31)(H,30,32). The molecule has 2 heterocycles. The second-order valence-corrected chi connectivity index (χ2v) is 8.69. The van der Waals surface area contributed by atoms with Gasteiger partial charge in [-0.15, -0.1) is 0 Å². The van der Waals surface area contributed by atoms with E-state index in [-0.39, 0.29) is 16.7 Å². The number of carbonyl (C=O) groups excluding carboxylic acids is 5. The predicted molar refractivity (Wildman–Crippen MR) is 132 cm³/mol. The van der Waals surface area contributed by atoms with Crippen molar-refractivity contribution in [2.75, 3.05) is 6.61 Å². The third-order valence-electron chi connectivity index (χ3n) is 6.09. The van der Waals surface area contributed by atoms with Crippen LogP contribution in [0.4, 0.5) is 0 Å². The van der Waals surface area contributed by atoms with Crippen LogP contribution < -0.4 is 10.6 Å². The summed E-state index contributed by atoms with van der Waals surface area (Å²) in [6.07, 6.45) is -4.21. The van der Waals surface area contributed by atoms with E-state index in [1.807, 2.05) is 0 Å². The highest BCUT2D eigenvalue weighted by molar-refractivity contribution is 6.37. The molecule has 11 nitrogen and oxygen atoms in total. The quantitative estimate of drug-likeness (QED) is 0.264. The molecule has 2 aliphatic rings. The van der Waals surface area contributed by atoms with Crippen LogP contribution in [0.1, 0.15) is 31.1 Å². The van der Waals surface area contributed by atoms with E-state index in [0.717, 1.165) is 0 Å². The van der Waals surface area contributed by atoms with Crippen LogP contribution in [-0.4, -0.2) is 60.5 Å². The Morgan fingerprint density at radius 3 is 1.59 bits per heavy atom. The first kappa shape index (κ1) is 25.6. The molecule has 1 spiro atoms. The van der Waals surface area contributed by atoms with E-state index < -0.39 is 60.5 Å². The lowest BCUT2D eigenvalue weighted by Gasteiger charge is -2.30. The highest BCUT2D eigenvalue weighted by Crippen LogP contribution is 2.35. The SMILES string of the molecule is O=C1NC2(NC1=O)OC(COC(=O)c1ccccc1)C(OC(=O)c1ccccc1)C2OC(=O)c1ccccc1. The number of hydrogen-bond acceptors (Lipinski definition) is 9. The summed E-state index contributed by atoms with van der Waals surface area (Å²) in [6.45, 7) is -0.465. The number of hydrogen-bond donors (Lipinski definition) is 2. The summed E-state index contributed by atoms with van der Waals surface area (Å²) in [5.41, 5.74) is 0.610. The molecule has 2 aliphatic heterocycles. The molecule has 0 aliphatic carbocycles. The van der Waals surface area contributed by atoms with Crippen LogP contribution in [0.3, 0.4) is 0 Å². The number of amides is 2. The predicted octanol–water partition coefficient (Wildman–Crippen LogP) is 1.59. The van der Waals surface area contributed by atoms with E-state index in [0.29, 0.717) is 0 Å². The van der Waals surface area contributed by atoms with Gasteiger partial charge in [0, 0.05) is 0 Å². The van der Waals surface area contributed by atoms with Gasteiger partial charge in [-0.3, -0.25) is 20.2 Å². The maximum Gasteiger partial charge on any atom is 0.338 e. The Hall–Kier alpha value is -5.03. The summed E-state index contributed by atoms with van der Waals surface area (Å²) in [5.74, 6) is -6.50. The molecular weight excluding hydrogens is 508 g/mol. The molecule has 3 aromatic rings. The monoisotopic (exact) mass is 530 g/mol. The van der Waals surface area contributed by atoms with Crippen molar-refractivity contribution in [3.8, 4) is 0 Å². The fraction of sp³-hybridized carbons (Fsp3) is 0.179. The smallest absolute Gasteiger partial charge is 0.338 e. The zero-order chi connectivity index (χ0) is 27.4. The lowest BCUT2D eigenvalue weighted by molar-refractivity contribution is -0.136. The van der Waals surface area contributed by atoms with Gasteiger partial charge in [-0.2, -0.15) is 0 Å². The van der Waals surface area contributed by atoms with Gasteiger partial charge in [0.2, 0.25) is 6.10 Å². The molecule has 0 radical (unpaired) electrons. The molecule has 5 rings (SSSR count). The number of rotatable bonds is 7. The van der Waals surface area contributed by atoms with Crippen molar-refractivity contribution >= 4 is 29.7 Å². The molecule has 3 unspecified atom stereocenters. The zero-order valence-electron chi connectivity index (χ0n) is 20.3. The van der Waals surface area contributed by atoms with Gasteiger partial charge in [-0.25, -0.2) is 14.4 Å². The van der Waals surface area contributed by atoms with E-state index in [9.17, 15) is 24.0 Å². The average molecular weight is 530 g/mol. The Labute approximate surface area is 222 Å². The maximum absolute atomic E-state index is 13.0. The van der Waals surface area contributed by atoms with Gasteiger partial charge in [0.1, 0.15) is 12.7 Å². The first-order valence-electron chi connectivity index (χ1n) is 11.9. The van der Waals surface area contributed by atoms with Gasteiger partial charge in [0.25, 0.3) is 5.85 Å². The largest absolute Gasteiger partial charge is 0.459 e. The molecule has 0 bridgehead atoms. The summed E-state index contributed by atoms with van der Waals surface area (Å²) in [7, 11) is 0. The topological polar surface area (TPSA) is 146 Å². The van der Waals surface area contributed by atoms with Crippen molar-refractivity contribution in [1.82, 2.24) is 10.6 Å². The Morgan fingerprint density at radius 2 is 1.10 bits per heavy atom. The molecule has 2 saturated heterocycles. The van der Waals surface area contributed by atoms with Crippen molar-refractivity contribution in [1.29, 1.82) is 0 Å². The van der Waals surface area contributed by atoms with Crippen LogP contribution >= 0.6 is 0 Å². The zero-order valence-corrected chi connectivity index (χ0v) is 20.3. The van der Waals surface area contributed by atoms with Crippen LogP contribution in [0.2, 0.25) is 0 Å². The van der Waals surface area contributed by atoms with Crippen LogP contribution in [0.15, 0.2) is 91.0 Å². The second-order valence-electron chi connectivity index (χ2n) is 8.69. The number of benzene rings is 3. The van der Waals surface area contributed by atoms with Crippen molar-refractivity contribution in [2.45, 2.75) is 24.2 Å². The number of carbonyl (C=O) groups is 5. The highest BCUT2D eigenvalue weighted by atomic mass is 16.7. The first-order valence-corrected chi connectivity index (χ1v) is 11.9. The molecule has 198 valence electrons. The van der Waals surface area contributed by atoms with E-state index >= 15 is 0 Å². The summed E-state index contributed by atoms with van der Waals surface area (Å²) < 4.78 is 22.8. The summed E-state index contributed by atoms with van der Waals surface area (Å²) in [6, 6.07) is 24.1. The molecule has 11 heteroatoms. The Kier molecular flexibility index (Phi) is 7.06. The van der Waals surface area contributed by atoms with Crippen LogP contribution in [-0.2, 0) is 28.5 Å². The molecule has 3 atom stereocenters. The minimum absolute atomic E-state index is 0.162. The molecule has 39 heavy (non-hydrogen) atoms. The Balaban J connectivity index is 1.46. The lowest BCUT2D eigenvalue weighted by atomic mass is 10.1. The van der Waals surface area contributed by atoms with Gasteiger partial charge in [0.05, 0.1) is 16.7 Å². The van der Waals surface area contributed by atoms with E-state index in [2.05, 4.69) is 10.6 Å². The third-order valence-corrected chi connectivity index (χ3v) is 6.09. The Bertz CT molecular complexity index is 1380. The van der Waals surface area contributed by atoms with Gasteiger partial charge in [-0.05, 0) is 36.4 Å². The van der Waals surface area contributed by atoms with Crippen LogP contribution in [0.5, 0.6) is 0 Å². The van der Waals surface area contributed by atoms with Crippen LogP contribution in [0.25, 0.3) is 0 Å². The number of esters is 3. The van der Waals surface area contributed by atoms with Crippen molar-refractivity contribution in [3.63, 3.8) is 0 Å². The fourth-order valence-electron chi connectivity index (χ4n) is 4.24. The maximum atomic E-state index is 13.0. The normalized spacial score (nSPS) is 21.1. The van der Waals surface area contributed by atoms with E-state index in [1.165, 1.54) is 24.3 Å². The summed E-state index contributed by atoms with van der Waals surface area (Å²) >= 11 is 0. The highest BCUT2D eigenvalue weighted by Gasteiger charge is 2.65. The molecule has 2 N–H and O–H groups in total. The molecule has 3 aromatic carbocycles. The third kappa shape index (κ3) is 5.34. The van der Waals surface area contributed by atoms with Crippen LogP contribution in [0, 0.1) is 0 Å². The Morgan fingerprint density at radius 1 is 0.667 bits per heavy atom. The van der Waals surface area contributed by atoms with Crippen molar-refractivity contribution in [3.05, 3.63) is 108 Å². The lowest BCUT2D eigenvalue weighted by Crippen LogP contribution is -2.60. The molecular formula is C28H22N2O9. The number of ether oxygens (including phenoxy) is 4. The molecule has 2 fully saturated rings. The van der Waals surface area contributed by atoms with Gasteiger partial charge < -0.3 is 18.9 Å². The average Bonchev–Trinajstić information content (AvgIpc) is 3.41. The molecule has 0 aromatic heterocycles. The fourth-order valence-corrected chi connectivity index (χ4v) is 4.24. The van der Waals surface area contributed by atoms with Gasteiger partial charge in [0.15, 0.2) is 6.10 Å². The van der Waals surface area contributed by atoms with Gasteiger partial charge in [-0.1, -0.05) is 54.6 Å². The summed E-state index contributed by atoms with van der Waals surface area (Å²) in [5, 5.41) is 4.69. The first-order chi connectivity index (χ1) is 18.9. The molecule has 0 saturated carbocycles. The van der Waals surface area contributed by atoms with Gasteiger partial charge >= 0.3 is 29.7 Å². The van der Waals surface area contributed by atoms with E-state index in [1.54, 1.807) is 66.7 Å². The second kappa shape index (κ2) is 10.8. The van der Waals surface area contributed by atoms with Crippen molar-refractivity contribution < 1.29 is 42.9 Å². The van der Waals surface area contributed by atoms with Crippen molar-refractivity contribution in [2.24, 2.45) is 0 Å². The summed E-state index contributed by atoms with van der Waals surface area (Å²) in [4.78, 5) is 63.1. The van der Waals surface area contributed by atoms with E-state index in [4.69, 9.17) is 18.9 Å². The number of nitrogens with one attached hydrogen (secondary N) is 2. The minimum Gasteiger partial charge on any atom is -0.459 e. The minimum atomic E-state index is -2.08.